The number of benzene rings is 2. The minimum Gasteiger partial charge on any atom is -0.481 e. The zero-order chi connectivity index (χ0) is 103. The lowest BCUT2D eigenvalue weighted by Crippen LogP contribution is -2.63. The number of amides is 18. The fraction of sp³-hybridized carbons (Fsp3) is 0.600. The van der Waals surface area contributed by atoms with Crippen molar-refractivity contribution >= 4 is 124 Å². The zero-order valence-electron chi connectivity index (χ0n) is 79.4. The molecule has 0 spiro atoms. The lowest BCUT2D eigenvalue weighted by Gasteiger charge is -2.33. The molecule has 28 N–H and O–H groups in total. The molecule has 0 aliphatic carbocycles. The first-order chi connectivity index (χ1) is 65.0. The van der Waals surface area contributed by atoms with Crippen LogP contribution in [0.1, 0.15) is 176 Å². The summed E-state index contributed by atoms with van der Waals surface area (Å²) >= 11 is 0. The van der Waals surface area contributed by atoms with Gasteiger partial charge in [-0.3, -0.25) is 96.5 Å². The van der Waals surface area contributed by atoms with Gasteiger partial charge in [-0.15, -0.1) is 0 Å². The molecule has 6 rings (SSSR count). The fourth-order valence-electron chi connectivity index (χ4n) is 16.0. The van der Waals surface area contributed by atoms with Crippen molar-refractivity contribution in [3.8, 4) is 0 Å². The van der Waals surface area contributed by atoms with E-state index >= 15 is 9.59 Å². The number of hydrogen-bond acceptors (Lipinski definition) is 25. The number of primary amides is 2. The summed E-state index contributed by atoms with van der Waals surface area (Å²) in [6.45, 7) is 16.2. The van der Waals surface area contributed by atoms with E-state index in [1.165, 1.54) is 47.1 Å². The van der Waals surface area contributed by atoms with Crippen LogP contribution in [0.2, 0.25) is 0 Å². The molecule has 3 saturated heterocycles. The van der Waals surface area contributed by atoms with Gasteiger partial charge in [0.15, 0.2) is 5.96 Å². The van der Waals surface area contributed by atoms with Gasteiger partial charge in [0.05, 0.1) is 37.4 Å². The van der Waals surface area contributed by atoms with Crippen LogP contribution in [0.3, 0.4) is 0 Å². The van der Waals surface area contributed by atoms with Crippen molar-refractivity contribution in [1.29, 1.82) is 5.41 Å². The van der Waals surface area contributed by atoms with Gasteiger partial charge in [-0.1, -0.05) is 122 Å². The number of nitrogens with two attached hydrogens (primary N) is 4. The summed E-state index contributed by atoms with van der Waals surface area (Å²) < 4.78 is 0. The maximum atomic E-state index is 15.1. The molecule has 0 bridgehead atoms. The summed E-state index contributed by atoms with van der Waals surface area (Å²) in [6.07, 6.45) is -2.57. The normalized spacial score (nSPS) is 18.3. The van der Waals surface area contributed by atoms with Crippen molar-refractivity contribution in [2.45, 2.75) is 294 Å². The molecule has 18 amide bonds. The lowest BCUT2D eigenvalue weighted by molar-refractivity contribution is -0.151. The van der Waals surface area contributed by atoms with Crippen molar-refractivity contribution in [1.82, 2.24) is 99.1 Å². The summed E-state index contributed by atoms with van der Waals surface area (Å²) in [5.41, 5.74) is 23.7. The minimum absolute atomic E-state index is 0.0131. The van der Waals surface area contributed by atoms with E-state index in [1.807, 2.05) is 0 Å². The topological polar surface area (TPSA) is 757 Å². The average Bonchev–Trinajstić information content (AvgIpc) is 1.63. The van der Waals surface area contributed by atoms with Crippen LogP contribution < -0.4 is 97.4 Å². The monoisotopic (exact) mass is 1940 g/mol. The van der Waals surface area contributed by atoms with E-state index in [-0.39, 0.29) is 103 Å². The number of aromatic nitrogens is 2. The molecule has 3 fully saturated rings. The van der Waals surface area contributed by atoms with E-state index in [2.05, 4.69) is 84.4 Å². The molecule has 20 atom stereocenters. The first-order valence-corrected chi connectivity index (χ1v) is 46.2. The first kappa shape index (κ1) is 113. The predicted molar refractivity (Wildman–Crippen MR) is 494 cm³/mol. The predicted octanol–water partition coefficient (Wildman–Crippen LogP) is -6.20. The Morgan fingerprint density at radius 1 is 0.435 bits per heavy atom. The number of carbonyl (C=O) groups is 20. The number of carbonyl (C=O) groups excluding carboxylic acids is 18. The molecule has 3 aliphatic rings. The Labute approximate surface area is 798 Å². The van der Waals surface area contributed by atoms with Crippen LogP contribution in [-0.2, 0) is 115 Å². The number of likely N-dealkylation sites (tertiary alicyclic amines) is 3. The van der Waals surface area contributed by atoms with Gasteiger partial charge in [0.25, 0.3) is 0 Å². The number of aromatic amines is 1. The van der Waals surface area contributed by atoms with Crippen LogP contribution in [0.5, 0.6) is 0 Å². The number of aliphatic carboxylic acids is 2. The van der Waals surface area contributed by atoms with Gasteiger partial charge in [-0.05, 0) is 113 Å². The van der Waals surface area contributed by atoms with Crippen LogP contribution >= 0.6 is 0 Å². The Bertz CT molecular complexity index is 4780. The van der Waals surface area contributed by atoms with E-state index in [0.717, 1.165) is 14.7 Å². The number of guanidine groups is 1. The van der Waals surface area contributed by atoms with Crippen LogP contribution in [0.15, 0.2) is 73.2 Å². The Balaban J connectivity index is 1.16. The van der Waals surface area contributed by atoms with Crippen LogP contribution in [0.4, 0.5) is 0 Å². The van der Waals surface area contributed by atoms with E-state index in [1.54, 1.807) is 102 Å². The molecule has 48 nitrogen and oxygen atoms in total. The van der Waals surface area contributed by atoms with Crippen LogP contribution in [0.25, 0.3) is 0 Å². The zero-order valence-corrected chi connectivity index (χ0v) is 79.4. The number of H-pyrrole nitrogens is 1. The van der Waals surface area contributed by atoms with Gasteiger partial charge in [0.2, 0.25) is 106 Å². The summed E-state index contributed by atoms with van der Waals surface area (Å²) in [7, 11) is 0. The highest BCUT2D eigenvalue weighted by atomic mass is 16.4. The van der Waals surface area contributed by atoms with Gasteiger partial charge in [0.1, 0.15) is 96.7 Å². The largest absolute Gasteiger partial charge is 0.481 e. The highest BCUT2D eigenvalue weighted by molar-refractivity contribution is 6.03. The highest BCUT2D eigenvalue weighted by Gasteiger charge is 2.47. The molecular formula is C90H136N24O24. The van der Waals surface area contributed by atoms with Gasteiger partial charge in [0, 0.05) is 63.8 Å². The summed E-state index contributed by atoms with van der Waals surface area (Å²) in [5.74, 6) is -23.3. The molecular weight excluding hydrogens is 1800 g/mol. The number of carboxylic acid groups (broad SMARTS) is 2. The van der Waals surface area contributed by atoms with Crippen molar-refractivity contribution in [2.24, 2.45) is 46.6 Å². The molecule has 3 aromatic rings. The van der Waals surface area contributed by atoms with Crippen LogP contribution in [-0.4, -0.2) is 310 Å². The molecule has 0 unspecified atom stereocenters. The third-order valence-electron chi connectivity index (χ3n) is 24.0. The Morgan fingerprint density at radius 2 is 0.819 bits per heavy atom. The summed E-state index contributed by atoms with van der Waals surface area (Å²) in [6, 6.07) is -9.19. The number of nitrogens with zero attached hydrogens (tertiary/aromatic N) is 4. The molecule has 1 aromatic heterocycles. The highest BCUT2D eigenvalue weighted by Crippen LogP contribution is 2.25. The Hall–Kier alpha value is -13.8. The Morgan fingerprint density at radius 3 is 1.27 bits per heavy atom. The lowest BCUT2D eigenvalue weighted by atomic mass is 9.95. The molecule has 0 saturated carbocycles. The van der Waals surface area contributed by atoms with Crippen molar-refractivity contribution in [3.63, 3.8) is 0 Å². The third-order valence-corrected chi connectivity index (χ3v) is 24.0. The number of hydrogen-bond donors (Lipinski definition) is 24. The first-order valence-electron chi connectivity index (χ1n) is 46.2. The second kappa shape index (κ2) is 54.2. The van der Waals surface area contributed by atoms with Crippen molar-refractivity contribution < 1.29 is 116 Å². The van der Waals surface area contributed by atoms with Gasteiger partial charge in [-0.25, -0.2) is 9.78 Å². The van der Waals surface area contributed by atoms with Gasteiger partial charge >= 0.3 is 11.9 Å². The quantitative estimate of drug-likeness (QED) is 0.0142. The fourth-order valence-corrected chi connectivity index (χ4v) is 16.0. The standard InChI is InChI=1S/C90H136N24O24/c1-12-47(8)70(85(133)108-69(46(6)7)84(132)111-72(50(11)116)87(135)113-35-21-28-61(113)80(128)100-55(27-19-33-97-90(94)95)75(123)110-71(49(10)115)88(136)114-36-22-30-63(114)89(137)138)109-79(127)59(40-64(92)117)101-73(121)48(9)99-76(124)56(37-51-23-15-13-16-24-51)102-77(125)57(38-52-25-17-14-18-26-52)103-78(126)58(39-53-42-96-43-98-53)104-82(130)67(44(2)3)107-83(131)68(45(4)5)106-81(129)62-29-20-34-112(62)86(134)60(41-65(93)118)105-74(122)54(91)31-32-66(119)120/h13-18,23-26,42-50,54-63,67-72,115-116H,12,19-22,27-41,91H2,1-11H3,(H2,92,117)(H2,93,118)(H,96,98)(H,99,124)(H,100,128)(H,101,121)(H,102,125)(H,103,126)(H,104,130)(H,105,122)(H,106,129)(H,107,131)(H,108,133)(H,109,127)(H,110,123)(H,111,132)(H,119,120)(H,137,138)(H4,94,95,97)/t47-,48-,49+,50+,54-,55-,56-,57-,58-,59-,60-,61-,62-,63-,67-,68-,69-,70-,71-,72-/m0/s1. The maximum absolute atomic E-state index is 15.1. The Kier molecular flexibility index (Phi) is 44.4. The molecule has 3 aliphatic heterocycles. The molecule has 2 aromatic carbocycles. The summed E-state index contributed by atoms with van der Waals surface area (Å²) in [4.78, 5) is 289. The van der Waals surface area contributed by atoms with E-state index in [4.69, 9.17) is 33.5 Å². The minimum atomic E-state index is -1.86. The molecule has 48 heteroatoms. The molecule has 760 valence electrons. The van der Waals surface area contributed by atoms with E-state index < -0.39 is 282 Å². The maximum Gasteiger partial charge on any atom is 0.326 e. The molecule has 138 heavy (non-hydrogen) atoms. The van der Waals surface area contributed by atoms with Gasteiger partial charge in [-0.2, -0.15) is 0 Å². The average molecular weight is 1940 g/mol. The number of imidazole rings is 1. The second-order valence-electron chi connectivity index (χ2n) is 36.0. The molecule has 4 heterocycles. The van der Waals surface area contributed by atoms with E-state index in [0.29, 0.717) is 23.2 Å². The number of carboxylic acids is 2. The number of aliphatic hydroxyl groups is 2. The van der Waals surface area contributed by atoms with Crippen molar-refractivity contribution in [3.05, 3.63) is 90.0 Å². The van der Waals surface area contributed by atoms with Gasteiger partial charge < -0.3 is 137 Å². The van der Waals surface area contributed by atoms with Crippen molar-refractivity contribution in [2.75, 3.05) is 26.2 Å². The van der Waals surface area contributed by atoms with Crippen LogP contribution in [0, 0.1) is 29.1 Å². The smallest absolute Gasteiger partial charge is 0.326 e. The van der Waals surface area contributed by atoms with E-state index in [9.17, 15) is 102 Å². The number of aliphatic hydroxyl groups excluding tert-OH is 2. The number of rotatable bonds is 54. The SMILES string of the molecule is CC[C@H](C)[C@H](NC(=O)[C@H](CC(N)=O)NC(=O)[C@H](C)NC(=O)[C@H](Cc1ccccc1)NC(=O)[C@H](Cc1ccccc1)NC(=O)[C@H](Cc1cnc[nH]1)NC(=O)[C@@H](NC(=O)[C@@H](NC(=O)[C@@H]1CCCN1C(=O)[C@H](CC(N)=O)NC(=O)[C@@H](N)CCC(=O)O)C(C)C)C(C)C)C(=O)N[C@H](C(=O)N[C@H](C(=O)N1CCC[C@H]1C(=O)N[C@@H](CCCNC(=N)N)C(=O)N[C@H](C(=O)N1CCC[C@H]1C(=O)O)[C@@H](C)O)[C@@H](C)O)C(C)C. The third kappa shape index (κ3) is 34.2. The molecule has 0 radical (unpaired) electrons. The summed E-state index contributed by atoms with van der Waals surface area (Å²) in [5, 5.41) is 84.5. The number of nitrogens with one attached hydrogen (secondary N) is 16. The second-order valence-corrected chi connectivity index (χ2v) is 36.0.